The summed E-state index contributed by atoms with van der Waals surface area (Å²) >= 11 is 1.38. The number of hydrogen-bond acceptors (Lipinski definition) is 5. The summed E-state index contributed by atoms with van der Waals surface area (Å²) in [5.41, 5.74) is 0.562. The zero-order valence-electron chi connectivity index (χ0n) is 10.5. The summed E-state index contributed by atoms with van der Waals surface area (Å²) in [4.78, 5) is 26.1. The molecule has 1 aliphatic carbocycles. The second-order valence-electron chi connectivity index (χ2n) is 4.59. The number of carbonyl (C=O) groups excluding carboxylic acids is 1. The highest BCUT2D eigenvalue weighted by molar-refractivity contribution is 7.13. The Morgan fingerprint density at radius 2 is 2.26 bits per heavy atom. The van der Waals surface area contributed by atoms with Crippen LogP contribution in [0.25, 0.3) is 0 Å². The maximum atomic E-state index is 11.4. The second-order valence-corrected chi connectivity index (χ2v) is 5.44. The molecule has 0 aromatic carbocycles. The van der Waals surface area contributed by atoms with E-state index in [-0.39, 0.29) is 12.3 Å². The molecule has 1 saturated carbocycles. The molecule has 0 unspecified atom stereocenters. The van der Waals surface area contributed by atoms with E-state index in [9.17, 15) is 9.59 Å². The summed E-state index contributed by atoms with van der Waals surface area (Å²) in [5.74, 6) is -0.774. The fourth-order valence-corrected chi connectivity index (χ4v) is 2.34. The van der Waals surface area contributed by atoms with Crippen molar-refractivity contribution >= 4 is 28.3 Å². The molecular weight excluding hydrogens is 266 g/mol. The predicted octanol–water partition coefficient (Wildman–Crippen LogP) is 1.24. The molecule has 2 rings (SSSR count). The maximum Gasteiger partial charge on any atom is 0.309 e. The Balaban J connectivity index is 1.60. The summed E-state index contributed by atoms with van der Waals surface area (Å²) < 4.78 is 0. The van der Waals surface area contributed by atoms with Crippen molar-refractivity contribution in [2.75, 3.05) is 11.9 Å². The van der Waals surface area contributed by atoms with Gasteiger partial charge < -0.3 is 15.7 Å². The van der Waals surface area contributed by atoms with Gasteiger partial charge in [0.25, 0.3) is 0 Å². The molecule has 7 heteroatoms. The van der Waals surface area contributed by atoms with Crippen molar-refractivity contribution in [1.82, 2.24) is 10.3 Å². The van der Waals surface area contributed by atoms with Crippen LogP contribution in [-0.4, -0.2) is 34.6 Å². The van der Waals surface area contributed by atoms with Gasteiger partial charge in [-0.25, -0.2) is 4.98 Å². The third-order valence-electron chi connectivity index (χ3n) is 2.68. The Morgan fingerprint density at radius 1 is 1.47 bits per heavy atom. The van der Waals surface area contributed by atoms with Crippen LogP contribution in [0.15, 0.2) is 5.38 Å². The SMILES string of the molecule is O=C(O)Cc1csc(NCCCC(=O)NC2CC2)n1. The molecule has 1 aromatic heterocycles. The number of carboxylic acids is 1. The molecule has 0 aliphatic heterocycles. The van der Waals surface area contributed by atoms with E-state index in [1.54, 1.807) is 5.38 Å². The van der Waals surface area contributed by atoms with Gasteiger partial charge in [-0.15, -0.1) is 11.3 Å². The third kappa shape index (κ3) is 5.25. The summed E-state index contributed by atoms with van der Waals surface area (Å²) in [7, 11) is 0. The van der Waals surface area contributed by atoms with Crippen LogP contribution >= 0.6 is 11.3 Å². The molecule has 1 amide bonds. The molecule has 0 spiro atoms. The van der Waals surface area contributed by atoms with Gasteiger partial charge in [0.05, 0.1) is 12.1 Å². The molecule has 1 heterocycles. The van der Waals surface area contributed by atoms with E-state index < -0.39 is 5.97 Å². The van der Waals surface area contributed by atoms with E-state index in [1.807, 2.05) is 0 Å². The molecule has 0 saturated heterocycles. The van der Waals surface area contributed by atoms with Gasteiger partial charge in [-0.3, -0.25) is 9.59 Å². The normalized spacial score (nSPS) is 14.1. The van der Waals surface area contributed by atoms with E-state index in [0.29, 0.717) is 29.8 Å². The number of aliphatic carboxylic acids is 1. The number of carbonyl (C=O) groups is 2. The molecule has 0 atom stereocenters. The van der Waals surface area contributed by atoms with Crippen molar-refractivity contribution in [1.29, 1.82) is 0 Å². The Hall–Kier alpha value is -1.63. The molecule has 1 aliphatic rings. The van der Waals surface area contributed by atoms with Crippen molar-refractivity contribution in [2.45, 2.75) is 38.1 Å². The highest BCUT2D eigenvalue weighted by Crippen LogP contribution is 2.19. The van der Waals surface area contributed by atoms with Crippen molar-refractivity contribution in [2.24, 2.45) is 0 Å². The summed E-state index contributed by atoms with van der Waals surface area (Å²) in [6, 6.07) is 0.415. The van der Waals surface area contributed by atoms with Gasteiger partial charge in [-0.05, 0) is 19.3 Å². The van der Waals surface area contributed by atoms with Crippen LogP contribution in [0.3, 0.4) is 0 Å². The number of aromatic nitrogens is 1. The van der Waals surface area contributed by atoms with Crippen LogP contribution in [0.2, 0.25) is 0 Å². The topological polar surface area (TPSA) is 91.3 Å². The van der Waals surface area contributed by atoms with Crippen LogP contribution in [0.5, 0.6) is 0 Å². The molecule has 1 fully saturated rings. The number of hydrogen-bond donors (Lipinski definition) is 3. The number of nitrogens with one attached hydrogen (secondary N) is 2. The zero-order valence-corrected chi connectivity index (χ0v) is 11.3. The zero-order chi connectivity index (χ0) is 13.7. The number of amides is 1. The van der Waals surface area contributed by atoms with Crippen LogP contribution in [0, 0.1) is 0 Å². The lowest BCUT2D eigenvalue weighted by Crippen LogP contribution is -2.25. The van der Waals surface area contributed by atoms with Crippen molar-refractivity contribution in [3.63, 3.8) is 0 Å². The smallest absolute Gasteiger partial charge is 0.309 e. The summed E-state index contributed by atoms with van der Waals surface area (Å²) in [6.07, 6.45) is 3.41. The van der Waals surface area contributed by atoms with Gasteiger partial charge in [0.2, 0.25) is 5.91 Å². The van der Waals surface area contributed by atoms with Gasteiger partial charge in [0.1, 0.15) is 0 Å². The quantitative estimate of drug-likeness (QED) is 0.624. The highest BCUT2D eigenvalue weighted by Gasteiger charge is 2.22. The van der Waals surface area contributed by atoms with E-state index in [2.05, 4.69) is 15.6 Å². The Bertz CT molecular complexity index is 457. The first-order valence-corrected chi connectivity index (χ1v) is 7.21. The highest BCUT2D eigenvalue weighted by atomic mass is 32.1. The molecule has 104 valence electrons. The molecular formula is C12H17N3O3S. The van der Waals surface area contributed by atoms with E-state index in [4.69, 9.17) is 5.11 Å². The number of rotatable bonds is 8. The number of anilines is 1. The molecule has 0 radical (unpaired) electrons. The van der Waals surface area contributed by atoms with Gasteiger partial charge >= 0.3 is 5.97 Å². The second kappa shape index (κ2) is 6.51. The molecule has 19 heavy (non-hydrogen) atoms. The van der Waals surface area contributed by atoms with Crippen molar-refractivity contribution in [3.05, 3.63) is 11.1 Å². The molecule has 6 nitrogen and oxygen atoms in total. The van der Waals surface area contributed by atoms with Gasteiger partial charge in [-0.1, -0.05) is 0 Å². The van der Waals surface area contributed by atoms with Crippen molar-refractivity contribution < 1.29 is 14.7 Å². The summed E-state index contributed by atoms with van der Waals surface area (Å²) in [6.45, 7) is 0.665. The first-order valence-electron chi connectivity index (χ1n) is 6.33. The van der Waals surface area contributed by atoms with Crippen LogP contribution < -0.4 is 10.6 Å². The third-order valence-corrected chi connectivity index (χ3v) is 3.53. The summed E-state index contributed by atoms with van der Waals surface area (Å²) in [5, 5.41) is 17.1. The minimum atomic E-state index is -0.881. The first kappa shape index (κ1) is 13.8. The van der Waals surface area contributed by atoms with Crippen LogP contribution in [-0.2, 0) is 16.0 Å². The Morgan fingerprint density at radius 3 is 2.95 bits per heavy atom. The van der Waals surface area contributed by atoms with E-state index in [1.165, 1.54) is 11.3 Å². The molecule has 0 bridgehead atoms. The molecule has 1 aromatic rings. The van der Waals surface area contributed by atoms with Gasteiger partial charge in [0, 0.05) is 24.4 Å². The Labute approximate surface area is 115 Å². The number of nitrogens with zero attached hydrogens (tertiary/aromatic N) is 1. The van der Waals surface area contributed by atoms with Crippen LogP contribution in [0.1, 0.15) is 31.4 Å². The predicted molar refractivity (Wildman–Crippen MR) is 72.3 cm³/mol. The average molecular weight is 283 g/mol. The average Bonchev–Trinajstić information content (AvgIpc) is 3.03. The lowest BCUT2D eigenvalue weighted by molar-refractivity contribution is -0.136. The largest absolute Gasteiger partial charge is 0.481 e. The van der Waals surface area contributed by atoms with Gasteiger partial charge in [0.15, 0.2) is 5.13 Å². The number of thiazole rings is 1. The molecule has 3 N–H and O–H groups in total. The van der Waals surface area contributed by atoms with E-state index >= 15 is 0 Å². The lowest BCUT2D eigenvalue weighted by Gasteiger charge is -2.03. The Kier molecular flexibility index (Phi) is 4.73. The van der Waals surface area contributed by atoms with Crippen LogP contribution in [0.4, 0.5) is 5.13 Å². The van der Waals surface area contributed by atoms with Gasteiger partial charge in [-0.2, -0.15) is 0 Å². The lowest BCUT2D eigenvalue weighted by atomic mass is 10.3. The monoisotopic (exact) mass is 283 g/mol. The fourth-order valence-electron chi connectivity index (χ4n) is 1.60. The first-order chi connectivity index (χ1) is 9.13. The standard InChI is InChI=1S/C12H17N3O3S/c16-10(14-8-3-4-8)2-1-5-13-12-15-9(7-19-12)6-11(17)18/h7-8H,1-6H2,(H,13,15)(H,14,16)(H,17,18). The minimum Gasteiger partial charge on any atom is -0.481 e. The van der Waals surface area contributed by atoms with E-state index in [0.717, 1.165) is 19.3 Å². The fraction of sp³-hybridized carbons (Fsp3) is 0.583. The maximum absolute atomic E-state index is 11.4. The minimum absolute atomic E-state index is 0.0536. The number of carboxylic acid groups (broad SMARTS) is 1. The van der Waals surface area contributed by atoms with Crippen molar-refractivity contribution in [3.8, 4) is 0 Å².